The third kappa shape index (κ3) is 7.55. The first-order chi connectivity index (χ1) is 21.1. The Morgan fingerprint density at radius 3 is 2.39 bits per heavy atom. The molecule has 0 N–H and O–H groups in total. The number of hydrogen-bond acceptors (Lipinski definition) is 8. The third-order valence-electron chi connectivity index (χ3n) is 8.39. The predicted molar refractivity (Wildman–Crippen MR) is 159 cm³/mol. The summed E-state index contributed by atoms with van der Waals surface area (Å²) in [7, 11) is 1.62. The fraction of sp³-hybridized carbons (Fsp3) is 0.516. The van der Waals surface area contributed by atoms with Crippen molar-refractivity contribution in [2.45, 2.75) is 51.2 Å². The molecule has 2 aromatic heterocycles. The third-order valence-corrected chi connectivity index (χ3v) is 8.39. The number of amides is 1. The van der Waals surface area contributed by atoms with Crippen molar-refractivity contribution in [2.24, 2.45) is 0 Å². The molecule has 2 aliphatic rings. The number of piperazine rings is 1. The van der Waals surface area contributed by atoms with Gasteiger partial charge in [0.2, 0.25) is 11.9 Å². The van der Waals surface area contributed by atoms with Gasteiger partial charge in [-0.15, -0.1) is 0 Å². The molecule has 2 aliphatic heterocycles. The molecule has 0 saturated carbocycles. The van der Waals surface area contributed by atoms with E-state index in [-0.39, 0.29) is 23.3 Å². The highest BCUT2D eigenvalue weighted by Crippen LogP contribution is 2.29. The van der Waals surface area contributed by atoms with Crippen molar-refractivity contribution in [3.05, 3.63) is 75.5 Å². The predicted octanol–water partition coefficient (Wildman–Crippen LogP) is 3.59. The Morgan fingerprint density at radius 2 is 1.75 bits per heavy atom. The van der Waals surface area contributed by atoms with Crippen LogP contribution in [0, 0.1) is 0 Å². The lowest BCUT2D eigenvalue weighted by Gasteiger charge is -2.36. The van der Waals surface area contributed by atoms with Gasteiger partial charge in [-0.05, 0) is 49.6 Å². The fourth-order valence-corrected chi connectivity index (χ4v) is 5.78. The van der Waals surface area contributed by atoms with Crippen LogP contribution >= 0.6 is 0 Å². The number of rotatable bonds is 9. The van der Waals surface area contributed by atoms with Crippen LogP contribution in [-0.4, -0.2) is 88.4 Å². The number of benzene rings is 1. The highest BCUT2D eigenvalue weighted by Gasteiger charge is 2.32. The fourth-order valence-electron chi connectivity index (χ4n) is 5.78. The van der Waals surface area contributed by atoms with E-state index in [0.717, 1.165) is 60.9 Å². The van der Waals surface area contributed by atoms with Crippen LogP contribution in [-0.2, 0) is 23.9 Å². The smallest absolute Gasteiger partial charge is 0.419 e. The number of methoxy groups -OCH3 is 1. The average molecular weight is 614 g/mol. The van der Waals surface area contributed by atoms with Gasteiger partial charge in [0, 0.05) is 69.6 Å². The van der Waals surface area contributed by atoms with Crippen molar-refractivity contribution < 1.29 is 22.7 Å². The summed E-state index contributed by atoms with van der Waals surface area (Å²) in [5, 5.41) is 4.79. The van der Waals surface area contributed by atoms with Gasteiger partial charge in [0.1, 0.15) is 5.75 Å². The maximum absolute atomic E-state index is 13.1. The second-order valence-corrected chi connectivity index (χ2v) is 11.3. The molecular formula is C31H38F3N7O3. The Morgan fingerprint density at radius 1 is 1.05 bits per heavy atom. The average Bonchev–Trinajstić information content (AvgIpc) is 3.04. The van der Waals surface area contributed by atoms with Gasteiger partial charge < -0.3 is 19.4 Å². The summed E-state index contributed by atoms with van der Waals surface area (Å²) in [6, 6.07) is 9.57. The Hall–Kier alpha value is -4.00. The summed E-state index contributed by atoms with van der Waals surface area (Å²) in [5.74, 6) is 1.21. The Kier molecular flexibility index (Phi) is 9.82. The van der Waals surface area contributed by atoms with Crippen LogP contribution in [0.15, 0.2) is 47.5 Å². The van der Waals surface area contributed by atoms with Gasteiger partial charge in [0.15, 0.2) is 0 Å². The number of aromatic nitrogens is 4. The van der Waals surface area contributed by atoms with E-state index in [1.165, 1.54) is 0 Å². The molecule has 0 spiro atoms. The molecule has 0 bridgehead atoms. The molecule has 44 heavy (non-hydrogen) atoms. The zero-order valence-electron chi connectivity index (χ0n) is 25.1. The largest absolute Gasteiger partial charge is 0.497 e. The van der Waals surface area contributed by atoms with Gasteiger partial charge in [-0.2, -0.15) is 18.3 Å². The molecule has 0 aliphatic carbocycles. The first-order valence-corrected chi connectivity index (χ1v) is 15.0. The standard InChI is InChI=1S/C31H38F3N7O3/c1-3-23-17-27(37-41(29(23)43)20-22-6-8-26(44-2)9-7-22)24-5-4-11-38(21-24)12-10-28(42)39-13-15-40(16-14-39)30-35-18-25(19-36-30)31(32,33)34/h6-9,17-19,24H,3-5,10-16,20-21H2,1-2H3. The minimum Gasteiger partial charge on any atom is -0.497 e. The van der Waals surface area contributed by atoms with Gasteiger partial charge in [-0.1, -0.05) is 19.1 Å². The maximum atomic E-state index is 13.1. The van der Waals surface area contributed by atoms with Gasteiger partial charge in [0.05, 0.1) is 24.9 Å². The number of anilines is 1. The molecule has 13 heteroatoms. The second kappa shape index (κ2) is 13.7. The highest BCUT2D eigenvalue weighted by atomic mass is 19.4. The van der Waals surface area contributed by atoms with Crippen molar-refractivity contribution in [3.63, 3.8) is 0 Å². The highest BCUT2D eigenvalue weighted by molar-refractivity contribution is 5.76. The number of halogens is 3. The maximum Gasteiger partial charge on any atom is 0.419 e. The molecule has 236 valence electrons. The molecule has 4 heterocycles. The molecule has 2 saturated heterocycles. The van der Waals surface area contributed by atoms with E-state index in [9.17, 15) is 22.8 Å². The monoisotopic (exact) mass is 613 g/mol. The van der Waals surface area contributed by atoms with Crippen LogP contribution in [0.5, 0.6) is 5.75 Å². The van der Waals surface area contributed by atoms with Crippen LogP contribution in [0.4, 0.5) is 19.1 Å². The summed E-state index contributed by atoms with van der Waals surface area (Å²) in [5.41, 5.74) is 1.67. The van der Waals surface area contributed by atoms with E-state index in [4.69, 9.17) is 9.84 Å². The number of carbonyl (C=O) groups excluding carboxylic acids is 1. The number of ether oxygens (including phenoxy) is 1. The van der Waals surface area contributed by atoms with Crippen molar-refractivity contribution in [2.75, 3.05) is 57.8 Å². The SMILES string of the molecule is CCc1cc(C2CCCN(CCC(=O)N3CCN(c4ncc(C(F)(F)F)cn4)CC3)C2)nn(Cc2ccc(OC)cc2)c1=O. The zero-order valence-corrected chi connectivity index (χ0v) is 25.1. The van der Waals surface area contributed by atoms with Crippen LogP contribution < -0.4 is 15.2 Å². The zero-order chi connectivity index (χ0) is 31.3. The molecule has 3 aromatic rings. The van der Waals surface area contributed by atoms with Crippen molar-refractivity contribution in [1.29, 1.82) is 0 Å². The number of hydrogen-bond donors (Lipinski definition) is 0. The summed E-state index contributed by atoms with van der Waals surface area (Å²) < 4.78 is 45.2. The van der Waals surface area contributed by atoms with E-state index in [2.05, 4.69) is 14.9 Å². The van der Waals surface area contributed by atoms with Crippen molar-refractivity contribution in [3.8, 4) is 5.75 Å². The number of alkyl halides is 3. The second-order valence-electron chi connectivity index (χ2n) is 11.3. The molecule has 2 fully saturated rings. The summed E-state index contributed by atoms with van der Waals surface area (Å²) in [4.78, 5) is 39.7. The summed E-state index contributed by atoms with van der Waals surface area (Å²) in [6.45, 7) is 6.50. The van der Waals surface area contributed by atoms with Gasteiger partial charge in [0.25, 0.3) is 5.56 Å². The van der Waals surface area contributed by atoms with Crippen LogP contribution in [0.25, 0.3) is 0 Å². The quantitative estimate of drug-likeness (QED) is 0.362. The molecule has 1 amide bonds. The Labute approximate surface area is 254 Å². The Balaban J connectivity index is 1.15. The lowest BCUT2D eigenvalue weighted by atomic mass is 9.93. The minimum atomic E-state index is -4.48. The van der Waals surface area contributed by atoms with Crippen LogP contribution in [0.1, 0.15) is 54.5 Å². The van der Waals surface area contributed by atoms with Crippen molar-refractivity contribution >= 4 is 11.9 Å². The molecule has 10 nitrogen and oxygen atoms in total. The first kappa shape index (κ1) is 31.4. The van der Waals surface area contributed by atoms with E-state index < -0.39 is 11.7 Å². The van der Waals surface area contributed by atoms with Gasteiger partial charge in [-0.3, -0.25) is 9.59 Å². The summed E-state index contributed by atoms with van der Waals surface area (Å²) >= 11 is 0. The topological polar surface area (TPSA) is 96.7 Å². The minimum absolute atomic E-state index is 0.0551. The van der Waals surface area contributed by atoms with E-state index in [1.807, 2.05) is 37.3 Å². The van der Waals surface area contributed by atoms with Gasteiger partial charge >= 0.3 is 6.18 Å². The van der Waals surface area contributed by atoms with Gasteiger partial charge in [-0.25, -0.2) is 14.6 Å². The number of aryl methyl sites for hydroxylation is 1. The molecule has 1 unspecified atom stereocenters. The summed E-state index contributed by atoms with van der Waals surface area (Å²) in [6.07, 6.45) is 0.0584. The van der Waals surface area contributed by atoms with E-state index >= 15 is 0 Å². The number of carbonyl (C=O) groups is 1. The first-order valence-electron chi connectivity index (χ1n) is 15.0. The normalized spacial score (nSPS) is 18.0. The number of piperidine rings is 1. The molecule has 1 aromatic carbocycles. The molecule has 5 rings (SSSR count). The van der Waals surface area contributed by atoms with Crippen LogP contribution in [0.2, 0.25) is 0 Å². The lowest BCUT2D eigenvalue weighted by molar-refractivity contribution is -0.138. The lowest BCUT2D eigenvalue weighted by Crippen LogP contribution is -2.50. The van der Waals surface area contributed by atoms with E-state index in [0.29, 0.717) is 52.1 Å². The number of likely N-dealkylation sites (tertiary alicyclic amines) is 1. The molecular weight excluding hydrogens is 575 g/mol. The van der Waals surface area contributed by atoms with E-state index in [1.54, 1.807) is 21.6 Å². The number of nitrogens with zero attached hydrogens (tertiary/aromatic N) is 7. The molecule has 0 radical (unpaired) electrons. The molecule has 1 atom stereocenters. The van der Waals surface area contributed by atoms with Crippen LogP contribution in [0.3, 0.4) is 0 Å². The van der Waals surface area contributed by atoms with Crippen molar-refractivity contribution in [1.82, 2.24) is 29.5 Å². The Bertz CT molecular complexity index is 1470.